The zero-order chi connectivity index (χ0) is 14.9. The summed E-state index contributed by atoms with van der Waals surface area (Å²) in [5.74, 6) is -0.0924. The minimum Gasteiger partial charge on any atom is -0.347 e. The Bertz CT molecular complexity index is 380. The first kappa shape index (κ1) is 15.3. The summed E-state index contributed by atoms with van der Waals surface area (Å²) in [6.07, 6.45) is 5.21. The Labute approximate surface area is 127 Å². The maximum absolute atomic E-state index is 12.8. The quantitative estimate of drug-likeness (QED) is 0.776. The summed E-state index contributed by atoms with van der Waals surface area (Å²) < 4.78 is 11.8. The maximum atomic E-state index is 12.8. The molecule has 1 amide bonds. The minimum absolute atomic E-state index is 0.0992. The molecule has 3 aliphatic heterocycles. The average molecular weight is 296 g/mol. The highest BCUT2D eigenvalue weighted by atomic mass is 16.7. The van der Waals surface area contributed by atoms with Crippen molar-refractivity contribution < 1.29 is 14.3 Å². The minimum atomic E-state index is -0.410. The normalized spacial score (nSPS) is 33.5. The highest BCUT2D eigenvalue weighted by molar-refractivity contribution is 5.82. The largest absolute Gasteiger partial charge is 0.347 e. The van der Waals surface area contributed by atoms with Crippen molar-refractivity contribution in [2.24, 2.45) is 0 Å². The van der Waals surface area contributed by atoms with Crippen LogP contribution in [0.15, 0.2) is 0 Å². The van der Waals surface area contributed by atoms with E-state index < -0.39 is 5.79 Å². The second-order valence-electron chi connectivity index (χ2n) is 6.62. The molecule has 3 saturated heterocycles. The van der Waals surface area contributed by atoms with Crippen LogP contribution >= 0.6 is 0 Å². The first-order valence-electron chi connectivity index (χ1n) is 8.48. The van der Waals surface area contributed by atoms with Crippen LogP contribution in [0.2, 0.25) is 0 Å². The predicted octanol–water partition coefficient (Wildman–Crippen LogP) is 1.61. The number of carbonyl (C=O) groups excluding carboxylic acids is 1. The average Bonchev–Trinajstić information content (AvgIpc) is 2.88. The van der Waals surface area contributed by atoms with E-state index in [1.54, 1.807) is 0 Å². The van der Waals surface area contributed by atoms with E-state index in [0.29, 0.717) is 12.5 Å². The van der Waals surface area contributed by atoms with Crippen molar-refractivity contribution in [1.29, 1.82) is 0 Å². The molecule has 21 heavy (non-hydrogen) atoms. The van der Waals surface area contributed by atoms with Gasteiger partial charge in [0.15, 0.2) is 5.79 Å². The smallest absolute Gasteiger partial charge is 0.239 e. The molecule has 5 nitrogen and oxygen atoms in total. The SMILES string of the molecule is CCN1CCCC[C@H]1C(=O)N1CCC2(CC1)OC[C@@H](C)O2. The summed E-state index contributed by atoms with van der Waals surface area (Å²) in [5, 5.41) is 0. The highest BCUT2D eigenvalue weighted by Crippen LogP contribution is 2.34. The molecule has 0 aromatic carbocycles. The van der Waals surface area contributed by atoms with Gasteiger partial charge in [0, 0.05) is 25.9 Å². The summed E-state index contributed by atoms with van der Waals surface area (Å²) in [7, 11) is 0. The Morgan fingerprint density at radius 1 is 1.24 bits per heavy atom. The molecular formula is C16H28N2O3. The Morgan fingerprint density at radius 2 is 2.00 bits per heavy atom. The number of nitrogens with zero attached hydrogens (tertiary/aromatic N) is 2. The van der Waals surface area contributed by atoms with Gasteiger partial charge in [-0.3, -0.25) is 9.69 Å². The van der Waals surface area contributed by atoms with Crippen molar-refractivity contribution in [3.8, 4) is 0 Å². The molecule has 0 radical (unpaired) electrons. The van der Waals surface area contributed by atoms with Gasteiger partial charge in [-0.05, 0) is 32.9 Å². The van der Waals surface area contributed by atoms with E-state index in [9.17, 15) is 4.79 Å². The van der Waals surface area contributed by atoms with Crippen molar-refractivity contribution in [3.05, 3.63) is 0 Å². The first-order valence-corrected chi connectivity index (χ1v) is 8.48. The van der Waals surface area contributed by atoms with E-state index in [0.717, 1.165) is 45.4 Å². The molecule has 0 aliphatic carbocycles. The number of piperidine rings is 2. The van der Waals surface area contributed by atoms with Gasteiger partial charge in [0.2, 0.25) is 5.91 Å². The second kappa shape index (κ2) is 6.23. The molecule has 1 spiro atoms. The maximum Gasteiger partial charge on any atom is 0.239 e. The van der Waals surface area contributed by atoms with Gasteiger partial charge in [-0.2, -0.15) is 0 Å². The fourth-order valence-electron chi connectivity index (χ4n) is 3.89. The molecule has 3 fully saturated rings. The summed E-state index contributed by atoms with van der Waals surface area (Å²) >= 11 is 0. The Hall–Kier alpha value is -0.650. The van der Waals surface area contributed by atoms with Crippen molar-refractivity contribution in [3.63, 3.8) is 0 Å². The van der Waals surface area contributed by atoms with Gasteiger partial charge >= 0.3 is 0 Å². The fraction of sp³-hybridized carbons (Fsp3) is 0.938. The number of hydrogen-bond acceptors (Lipinski definition) is 4. The monoisotopic (exact) mass is 296 g/mol. The summed E-state index contributed by atoms with van der Waals surface area (Å²) in [5.41, 5.74) is 0. The number of carbonyl (C=O) groups is 1. The lowest BCUT2D eigenvalue weighted by atomic mass is 9.98. The standard InChI is InChI=1S/C16H28N2O3/c1-3-17-9-5-4-6-14(17)15(19)18-10-7-16(8-11-18)20-12-13(2)21-16/h13-14H,3-12H2,1-2H3/t13-,14+/m1/s1. The third-order valence-electron chi connectivity index (χ3n) is 5.14. The highest BCUT2D eigenvalue weighted by Gasteiger charge is 2.44. The van der Waals surface area contributed by atoms with E-state index in [2.05, 4.69) is 11.8 Å². The van der Waals surface area contributed by atoms with Crippen LogP contribution in [0.25, 0.3) is 0 Å². The predicted molar refractivity (Wildman–Crippen MR) is 79.9 cm³/mol. The molecule has 5 heteroatoms. The lowest BCUT2D eigenvalue weighted by Gasteiger charge is -2.42. The number of ether oxygens (including phenoxy) is 2. The summed E-state index contributed by atoms with van der Waals surface area (Å²) in [6.45, 7) is 8.44. The van der Waals surface area contributed by atoms with Gasteiger partial charge in [-0.25, -0.2) is 0 Å². The molecule has 2 atom stereocenters. The van der Waals surface area contributed by atoms with E-state index in [1.807, 2.05) is 11.8 Å². The van der Waals surface area contributed by atoms with Crippen LogP contribution in [0.4, 0.5) is 0 Å². The molecule has 0 bridgehead atoms. The number of hydrogen-bond donors (Lipinski definition) is 0. The first-order chi connectivity index (χ1) is 10.1. The number of rotatable bonds is 2. The molecule has 0 unspecified atom stereocenters. The molecule has 0 aromatic heterocycles. The van der Waals surface area contributed by atoms with Crippen LogP contribution in [-0.2, 0) is 14.3 Å². The van der Waals surface area contributed by atoms with Crippen LogP contribution in [0.3, 0.4) is 0 Å². The van der Waals surface area contributed by atoms with Crippen molar-refractivity contribution >= 4 is 5.91 Å². The van der Waals surface area contributed by atoms with Crippen LogP contribution in [0.1, 0.15) is 46.0 Å². The van der Waals surface area contributed by atoms with Crippen LogP contribution in [-0.4, -0.2) is 66.4 Å². The van der Waals surface area contributed by atoms with Gasteiger partial charge in [-0.15, -0.1) is 0 Å². The summed E-state index contributed by atoms with van der Waals surface area (Å²) in [6, 6.07) is 0.0992. The Balaban J connectivity index is 1.57. The van der Waals surface area contributed by atoms with Crippen molar-refractivity contribution in [2.45, 2.75) is 63.9 Å². The van der Waals surface area contributed by atoms with E-state index in [4.69, 9.17) is 9.47 Å². The molecule has 3 rings (SSSR count). The third kappa shape index (κ3) is 3.10. The Kier molecular flexibility index (Phi) is 4.52. The lowest BCUT2D eigenvalue weighted by molar-refractivity contribution is -0.195. The van der Waals surface area contributed by atoms with Gasteiger partial charge in [-0.1, -0.05) is 13.3 Å². The molecule has 3 aliphatic rings. The van der Waals surface area contributed by atoms with Gasteiger partial charge in [0.25, 0.3) is 0 Å². The zero-order valence-electron chi connectivity index (χ0n) is 13.3. The van der Waals surface area contributed by atoms with E-state index in [-0.39, 0.29) is 12.1 Å². The number of amides is 1. The molecule has 0 saturated carbocycles. The van der Waals surface area contributed by atoms with Gasteiger partial charge < -0.3 is 14.4 Å². The van der Waals surface area contributed by atoms with Crippen LogP contribution in [0.5, 0.6) is 0 Å². The van der Waals surface area contributed by atoms with Gasteiger partial charge in [0.05, 0.1) is 18.8 Å². The van der Waals surface area contributed by atoms with E-state index >= 15 is 0 Å². The van der Waals surface area contributed by atoms with E-state index in [1.165, 1.54) is 12.8 Å². The summed E-state index contributed by atoms with van der Waals surface area (Å²) in [4.78, 5) is 17.2. The topological polar surface area (TPSA) is 42.0 Å². The Morgan fingerprint density at radius 3 is 2.62 bits per heavy atom. The van der Waals surface area contributed by atoms with Crippen molar-refractivity contribution in [1.82, 2.24) is 9.80 Å². The fourth-order valence-corrected chi connectivity index (χ4v) is 3.89. The molecule has 120 valence electrons. The van der Waals surface area contributed by atoms with Crippen LogP contribution < -0.4 is 0 Å². The molecule has 3 heterocycles. The molecular weight excluding hydrogens is 268 g/mol. The molecule has 0 aromatic rings. The lowest BCUT2D eigenvalue weighted by Crippen LogP contribution is -2.55. The third-order valence-corrected chi connectivity index (χ3v) is 5.14. The second-order valence-corrected chi connectivity index (χ2v) is 6.62. The zero-order valence-corrected chi connectivity index (χ0v) is 13.3. The van der Waals surface area contributed by atoms with Gasteiger partial charge in [0.1, 0.15) is 0 Å². The van der Waals surface area contributed by atoms with Crippen molar-refractivity contribution in [2.75, 3.05) is 32.8 Å². The number of likely N-dealkylation sites (tertiary alicyclic amines) is 2. The number of likely N-dealkylation sites (N-methyl/N-ethyl adjacent to an activating group) is 1. The molecule has 0 N–H and O–H groups in total. The van der Waals surface area contributed by atoms with Crippen LogP contribution in [0, 0.1) is 0 Å².